The van der Waals surface area contributed by atoms with E-state index >= 15 is 0 Å². The summed E-state index contributed by atoms with van der Waals surface area (Å²) in [5.74, 6) is 5.50. The number of rotatable bonds is 1. The Hall–Kier alpha value is -1.88. The molecular formula is C10H8N2O. The lowest BCUT2D eigenvalue weighted by atomic mass is 10.2. The van der Waals surface area contributed by atoms with Crippen LogP contribution in [-0.4, -0.2) is 12.6 Å². The molecule has 1 aromatic carbocycles. The summed E-state index contributed by atoms with van der Waals surface area (Å²) in [4.78, 5) is 13.5. The van der Waals surface area contributed by atoms with Gasteiger partial charge in [-0.05, 0) is 12.1 Å². The highest BCUT2D eigenvalue weighted by Crippen LogP contribution is 2.15. The smallest absolute Gasteiger partial charge is 0.240 e. The molecule has 64 valence electrons. The molecule has 2 N–H and O–H groups in total. The summed E-state index contributed by atoms with van der Waals surface area (Å²) in [6, 6.07) is 7.08. The molecule has 0 bridgehead atoms. The maximum absolute atomic E-state index is 10.0. The van der Waals surface area contributed by atoms with Crippen molar-refractivity contribution >= 4 is 11.8 Å². The molecule has 3 nitrogen and oxygen atoms in total. The predicted molar refractivity (Wildman–Crippen MR) is 50.2 cm³/mol. The van der Waals surface area contributed by atoms with Gasteiger partial charge in [-0.3, -0.25) is 0 Å². The van der Waals surface area contributed by atoms with E-state index in [4.69, 9.17) is 5.73 Å². The van der Waals surface area contributed by atoms with Gasteiger partial charge in [-0.2, -0.15) is 4.99 Å². The number of hydrogen-bond donors (Lipinski definition) is 1. The van der Waals surface area contributed by atoms with Crippen LogP contribution >= 0.6 is 0 Å². The van der Waals surface area contributed by atoms with E-state index in [1.54, 1.807) is 18.2 Å². The molecule has 0 fully saturated rings. The molecule has 1 aromatic rings. The van der Waals surface area contributed by atoms with E-state index in [-0.39, 0.29) is 0 Å². The fourth-order valence-electron chi connectivity index (χ4n) is 0.872. The van der Waals surface area contributed by atoms with Gasteiger partial charge in [0.15, 0.2) is 0 Å². The average molecular weight is 172 g/mol. The highest BCUT2D eigenvalue weighted by molar-refractivity contribution is 5.59. The van der Waals surface area contributed by atoms with Crippen LogP contribution in [0.2, 0.25) is 0 Å². The molecule has 0 aliphatic carbocycles. The first-order valence-electron chi connectivity index (χ1n) is 3.74. The van der Waals surface area contributed by atoms with E-state index in [2.05, 4.69) is 16.8 Å². The van der Waals surface area contributed by atoms with Gasteiger partial charge in [-0.1, -0.05) is 24.0 Å². The van der Waals surface area contributed by atoms with Crippen molar-refractivity contribution in [2.45, 2.75) is 0 Å². The first-order valence-corrected chi connectivity index (χ1v) is 3.74. The Balaban J connectivity index is 3.11. The zero-order valence-electron chi connectivity index (χ0n) is 6.95. The second kappa shape index (κ2) is 4.89. The first kappa shape index (κ1) is 9.21. The summed E-state index contributed by atoms with van der Waals surface area (Å²) in [7, 11) is 0. The maximum Gasteiger partial charge on any atom is 0.240 e. The molecule has 0 unspecified atom stereocenters. The highest BCUT2D eigenvalue weighted by Gasteiger charge is 1.94. The van der Waals surface area contributed by atoms with Gasteiger partial charge >= 0.3 is 0 Å². The zero-order valence-corrected chi connectivity index (χ0v) is 6.95. The molecule has 0 spiro atoms. The second-order valence-electron chi connectivity index (χ2n) is 2.23. The van der Waals surface area contributed by atoms with Crippen LogP contribution in [0.4, 0.5) is 5.69 Å². The molecule has 0 atom stereocenters. The standard InChI is InChI=1S/C10H8N2O/c11-7-3-5-9-4-1-2-6-10(9)12-8-13/h1-2,4,6H,7,11H2. The van der Waals surface area contributed by atoms with E-state index in [0.29, 0.717) is 17.8 Å². The summed E-state index contributed by atoms with van der Waals surface area (Å²) in [6.45, 7) is 0.291. The summed E-state index contributed by atoms with van der Waals surface area (Å²) < 4.78 is 0. The van der Waals surface area contributed by atoms with Gasteiger partial charge in [-0.15, -0.1) is 0 Å². The number of nitrogens with two attached hydrogens (primary N) is 1. The number of aliphatic imine (C=N–C) groups is 1. The van der Waals surface area contributed by atoms with Gasteiger partial charge in [0.05, 0.1) is 17.8 Å². The van der Waals surface area contributed by atoms with Crippen molar-refractivity contribution in [1.82, 2.24) is 0 Å². The van der Waals surface area contributed by atoms with Crippen molar-refractivity contribution in [1.29, 1.82) is 0 Å². The zero-order chi connectivity index (χ0) is 9.52. The molecule has 1 rings (SSSR count). The Morgan fingerprint density at radius 2 is 2.15 bits per heavy atom. The van der Waals surface area contributed by atoms with E-state index < -0.39 is 0 Å². The molecule has 3 heteroatoms. The number of para-hydroxylation sites is 1. The Morgan fingerprint density at radius 1 is 1.38 bits per heavy atom. The minimum absolute atomic E-state index is 0.291. The molecule has 0 heterocycles. The van der Waals surface area contributed by atoms with Crippen molar-refractivity contribution in [2.24, 2.45) is 10.7 Å². The van der Waals surface area contributed by atoms with Gasteiger partial charge < -0.3 is 5.73 Å². The van der Waals surface area contributed by atoms with Crippen LogP contribution in [0.5, 0.6) is 0 Å². The molecule has 13 heavy (non-hydrogen) atoms. The van der Waals surface area contributed by atoms with Gasteiger partial charge in [0, 0.05) is 0 Å². The van der Waals surface area contributed by atoms with Crippen LogP contribution in [0.15, 0.2) is 29.3 Å². The Kier molecular flexibility index (Phi) is 3.46. The Bertz CT molecular complexity index is 395. The molecule has 0 aliphatic rings. The van der Waals surface area contributed by atoms with E-state index in [1.165, 1.54) is 6.08 Å². The normalized spacial score (nSPS) is 8.08. The number of carbonyl (C=O) groups excluding carboxylic acids is 1. The van der Waals surface area contributed by atoms with E-state index in [1.807, 2.05) is 6.07 Å². The first-order chi connectivity index (χ1) is 6.38. The minimum Gasteiger partial charge on any atom is -0.320 e. The van der Waals surface area contributed by atoms with Crippen molar-refractivity contribution in [3.63, 3.8) is 0 Å². The van der Waals surface area contributed by atoms with Crippen molar-refractivity contribution in [3.8, 4) is 11.8 Å². The summed E-state index contributed by atoms with van der Waals surface area (Å²) >= 11 is 0. The third kappa shape index (κ3) is 2.57. The topological polar surface area (TPSA) is 55.4 Å². The minimum atomic E-state index is 0.291. The lowest BCUT2D eigenvalue weighted by Crippen LogP contribution is -1.93. The third-order valence-electron chi connectivity index (χ3n) is 1.40. The van der Waals surface area contributed by atoms with Gasteiger partial charge in [-0.25, -0.2) is 4.79 Å². The number of hydrogen-bond acceptors (Lipinski definition) is 3. The molecule has 0 radical (unpaired) electrons. The molecule has 0 aromatic heterocycles. The van der Waals surface area contributed by atoms with Crippen LogP contribution in [0.3, 0.4) is 0 Å². The van der Waals surface area contributed by atoms with Gasteiger partial charge in [0.2, 0.25) is 6.08 Å². The predicted octanol–water partition coefficient (Wildman–Crippen LogP) is 0.964. The number of isocyanates is 1. The SMILES string of the molecule is NCC#Cc1ccccc1N=C=O. The van der Waals surface area contributed by atoms with Crippen molar-refractivity contribution in [2.75, 3.05) is 6.54 Å². The van der Waals surface area contributed by atoms with Gasteiger partial charge in [0.1, 0.15) is 0 Å². The average Bonchev–Trinajstić information content (AvgIpc) is 2.17. The quantitative estimate of drug-likeness (QED) is 0.389. The molecule has 0 aliphatic heterocycles. The lowest BCUT2D eigenvalue weighted by molar-refractivity contribution is 0.565. The van der Waals surface area contributed by atoms with Crippen LogP contribution in [-0.2, 0) is 4.79 Å². The summed E-state index contributed by atoms with van der Waals surface area (Å²) in [6.07, 6.45) is 1.48. The molecule has 0 amide bonds. The van der Waals surface area contributed by atoms with Crippen LogP contribution < -0.4 is 5.73 Å². The van der Waals surface area contributed by atoms with Crippen LogP contribution in [0.25, 0.3) is 0 Å². The molecular weight excluding hydrogens is 164 g/mol. The lowest BCUT2D eigenvalue weighted by Gasteiger charge is -1.93. The summed E-state index contributed by atoms with van der Waals surface area (Å²) in [5, 5.41) is 0. The van der Waals surface area contributed by atoms with Crippen molar-refractivity contribution in [3.05, 3.63) is 29.8 Å². The Morgan fingerprint density at radius 3 is 2.85 bits per heavy atom. The monoisotopic (exact) mass is 172 g/mol. The number of benzene rings is 1. The van der Waals surface area contributed by atoms with Gasteiger partial charge in [0.25, 0.3) is 0 Å². The highest BCUT2D eigenvalue weighted by atomic mass is 16.1. The Labute approximate surface area is 76.3 Å². The van der Waals surface area contributed by atoms with E-state index in [9.17, 15) is 4.79 Å². The van der Waals surface area contributed by atoms with Crippen molar-refractivity contribution < 1.29 is 4.79 Å². The maximum atomic E-state index is 10.0. The fraction of sp³-hybridized carbons (Fsp3) is 0.100. The molecule has 0 saturated heterocycles. The van der Waals surface area contributed by atoms with Crippen LogP contribution in [0, 0.1) is 11.8 Å². The second-order valence-corrected chi connectivity index (χ2v) is 2.23. The molecule has 0 saturated carbocycles. The third-order valence-corrected chi connectivity index (χ3v) is 1.40. The number of nitrogens with zero attached hydrogens (tertiary/aromatic N) is 1. The van der Waals surface area contributed by atoms with E-state index in [0.717, 1.165) is 0 Å². The largest absolute Gasteiger partial charge is 0.320 e. The fourth-order valence-corrected chi connectivity index (χ4v) is 0.872. The van der Waals surface area contributed by atoms with Crippen LogP contribution in [0.1, 0.15) is 5.56 Å². The summed E-state index contributed by atoms with van der Waals surface area (Å²) in [5.41, 5.74) is 6.44.